The molecule has 0 aliphatic heterocycles. The number of hydrogen-bond donors (Lipinski definition) is 3. The summed E-state index contributed by atoms with van der Waals surface area (Å²) in [5, 5.41) is 19.0. The van der Waals surface area contributed by atoms with Gasteiger partial charge in [0.15, 0.2) is 5.69 Å². The van der Waals surface area contributed by atoms with Crippen LogP contribution in [0.15, 0.2) is 0 Å². The molecule has 1 heterocycles. The molecule has 100 valence electrons. The van der Waals surface area contributed by atoms with E-state index in [0.29, 0.717) is 12.1 Å². The van der Waals surface area contributed by atoms with E-state index in [9.17, 15) is 4.79 Å². The van der Waals surface area contributed by atoms with Crippen molar-refractivity contribution >= 4 is 17.7 Å². The molecule has 1 amide bonds. The molecule has 1 aromatic heterocycles. The van der Waals surface area contributed by atoms with Gasteiger partial charge in [0.1, 0.15) is 0 Å². The Balaban J connectivity index is 2.01. The van der Waals surface area contributed by atoms with Crippen molar-refractivity contribution in [1.29, 1.82) is 0 Å². The van der Waals surface area contributed by atoms with Gasteiger partial charge in [-0.3, -0.25) is 9.89 Å². The predicted molar refractivity (Wildman–Crippen MR) is 72.0 cm³/mol. The molecule has 5 nitrogen and oxygen atoms in total. The van der Waals surface area contributed by atoms with Gasteiger partial charge in [-0.05, 0) is 31.9 Å². The number of aliphatic hydroxyl groups is 1. The SMILES string of the molecule is CSCC(CCO)NC(=O)c1n[nH]c2c1CCC2. The number of hydrogen-bond acceptors (Lipinski definition) is 4. The second-order valence-corrected chi connectivity index (χ2v) is 5.43. The topological polar surface area (TPSA) is 78.0 Å². The van der Waals surface area contributed by atoms with Crippen molar-refractivity contribution in [2.45, 2.75) is 31.7 Å². The van der Waals surface area contributed by atoms with Crippen molar-refractivity contribution in [3.8, 4) is 0 Å². The number of aromatic amines is 1. The first kappa shape index (κ1) is 13.4. The first-order valence-corrected chi connectivity index (χ1v) is 7.62. The van der Waals surface area contributed by atoms with E-state index < -0.39 is 0 Å². The molecule has 1 unspecified atom stereocenters. The number of thioether (sulfide) groups is 1. The third-order valence-electron chi connectivity index (χ3n) is 3.20. The summed E-state index contributed by atoms with van der Waals surface area (Å²) in [5.74, 6) is 0.681. The van der Waals surface area contributed by atoms with E-state index in [1.165, 1.54) is 0 Å². The zero-order valence-corrected chi connectivity index (χ0v) is 11.3. The fraction of sp³-hybridized carbons (Fsp3) is 0.667. The van der Waals surface area contributed by atoms with E-state index in [0.717, 1.165) is 36.3 Å². The van der Waals surface area contributed by atoms with Crippen LogP contribution in [0.3, 0.4) is 0 Å². The number of nitrogens with zero attached hydrogens (tertiary/aromatic N) is 1. The first-order valence-electron chi connectivity index (χ1n) is 6.23. The summed E-state index contributed by atoms with van der Waals surface area (Å²) in [6.45, 7) is 0.0875. The number of nitrogens with one attached hydrogen (secondary N) is 2. The summed E-state index contributed by atoms with van der Waals surface area (Å²) in [6, 6.07) is 0.00579. The minimum Gasteiger partial charge on any atom is -0.396 e. The molecular weight excluding hydrogens is 250 g/mol. The Morgan fingerprint density at radius 1 is 1.61 bits per heavy atom. The zero-order valence-electron chi connectivity index (χ0n) is 10.5. The molecule has 0 saturated heterocycles. The van der Waals surface area contributed by atoms with Crippen LogP contribution in [0.2, 0.25) is 0 Å². The van der Waals surface area contributed by atoms with Crippen LogP contribution in [0, 0.1) is 0 Å². The van der Waals surface area contributed by atoms with Crippen molar-refractivity contribution in [1.82, 2.24) is 15.5 Å². The van der Waals surface area contributed by atoms with Crippen LogP contribution in [0.5, 0.6) is 0 Å². The van der Waals surface area contributed by atoms with E-state index in [-0.39, 0.29) is 18.6 Å². The number of amides is 1. The summed E-state index contributed by atoms with van der Waals surface area (Å²) >= 11 is 1.66. The standard InChI is InChI=1S/C12H19N3O2S/c1-18-7-8(5-6-16)13-12(17)11-9-3-2-4-10(9)14-15-11/h8,16H,2-7H2,1H3,(H,13,17)(H,14,15). The maximum atomic E-state index is 12.1. The molecule has 6 heteroatoms. The number of rotatable bonds is 6. The summed E-state index contributed by atoms with van der Waals surface area (Å²) in [7, 11) is 0. The summed E-state index contributed by atoms with van der Waals surface area (Å²) in [5.41, 5.74) is 2.70. The Hall–Kier alpha value is -1.01. The van der Waals surface area contributed by atoms with Gasteiger partial charge in [0.05, 0.1) is 0 Å². The third kappa shape index (κ3) is 2.87. The minimum absolute atomic E-state index is 0.00579. The molecule has 0 fully saturated rings. The van der Waals surface area contributed by atoms with Gasteiger partial charge in [-0.15, -0.1) is 0 Å². The Morgan fingerprint density at radius 2 is 2.44 bits per heavy atom. The van der Waals surface area contributed by atoms with Crippen LogP contribution < -0.4 is 5.32 Å². The van der Waals surface area contributed by atoms with Gasteiger partial charge in [-0.2, -0.15) is 16.9 Å². The number of aryl methyl sites for hydroxylation is 1. The summed E-state index contributed by atoms with van der Waals surface area (Å²) < 4.78 is 0. The monoisotopic (exact) mass is 269 g/mol. The average molecular weight is 269 g/mol. The maximum absolute atomic E-state index is 12.1. The van der Waals surface area contributed by atoms with Crippen LogP contribution in [0.1, 0.15) is 34.6 Å². The van der Waals surface area contributed by atoms with Crippen molar-refractivity contribution in [2.24, 2.45) is 0 Å². The van der Waals surface area contributed by atoms with Gasteiger partial charge in [-0.25, -0.2) is 0 Å². The Labute approximate surface area is 111 Å². The second-order valence-electron chi connectivity index (χ2n) is 4.52. The van der Waals surface area contributed by atoms with E-state index >= 15 is 0 Å². The lowest BCUT2D eigenvalue weighted by molar-refractivity contribution is 0.0929. The van der Waals surface area contributed by atoms with Crippen LogP contribution in [-0.4, -0.2) is 45.9 Å². The van der Waals surface area contributed by atoms with Gasteiger partial charge < -0.3 is 10.4 Å². The highest BCUT2D eigenvalue weighted by Gasteiger charge is 2.24. The van der Waals surface area contributed by atoms with Crippen LogP contribution in [0.25, 0.3) is 0 Å². The van der Waals surface area contributed by atoms with Crippen LogP contribution >= 0.6 is 11.8 Å². The molecule has 1 aliphatic rings. The first-order chi connectivity index (χ1) is 8.76. The van der Waals surface area contributed by atoms with E-state index in [1.807, 2.05) is 6.26 Å². The molecule has 0 aromatic carbocycles. The lowest BCUT2D eigenvalue weighted by Gasteiger charge is -2.16. The van der Waals surface area contributed by atoms with Crippen molar-refractivity contribution in [2.75, 3.05) is 18.6 Å². The number of carbonyl (C=O) groups is 1. The summed E-state index contributed by atoms with van der Waals surface area (Å²) in [4.78, 5) is 12.1. The molecule has 1 atom stereocenters. The Bertz CT molecular complexity index is 413. The van der Waals surface area contributed by atoms with Gasteiger partial charge in [0.25, 0.3) is 5.91 Å². The highest BCUT2D eigenvalue weighted by atomic mass is 32.2. The highest BCUT2D eigenvalue weighted by molar-refractivity contribution is 7.98. The number of carbonyl (C=O) groups excluding carboxylic acids is 1. The fourth-order valence-corrected chi connectivity index (χ4v) is 2.97. The minimum atomic E-state index is -0.123. The average Bonchev–Trinajstić information content (AvgIpc) is 2.90. The highest BCUT2D eigenvalue weighted by Crippen LogP contribution is 2.22. The van der Waals surface area contributed by atoms with Crippen LogP contribution in [0.4, 0.5) is 0 Å². The van der Waals surface area contributed by atoms with E-state index in [4.69, 9.17) is 5.11 Å². The molecule has 2 rings (SSSR count). The van der Waals surface area contributed by atoms with Gasteiger partial charge in [0.2, 0.25) is 0 Å². The van der Waals surface area contributed by atoms with E-state index in [2.05, 4.69) is 15.5 Å². The molecular formula is C12H19N3O2S. The number of aliphatic hydroxyl groups excluding tert-OH is 1. The largest absolute Gasteiger partial charge is 0.396 e. The molecule has 0 spiro atoms. The van der Waals surface area contributed by atoms with Crippen molar-refractivity contribution in [3.05, 3.63) is 17.0 Å². The van der Waals surface area contributed by atoms with Crippen LogP contribution in [-0.2, 0) is 12.8 Å². The van der Waals surface area contributed by atoms with Gasteiger partial charge >= 0.3 is 0 Å². The van der Waals surface area contributed by atoms with Crippen molar-refractivity contribution in [3.63, 3.8) is 0 Å². The lowest BCUT2D eigenvalue weighted by Crippen LogP contribution is -2.37. The smallest absolute Gasteiger partial charge is 0.272 e. The molecule has 0 radical (unpaired) electrons. The molecule has 0 saturated carbocycles. The molecule has 18 heavy (non-hydrogen) atoms. The maximum Gasteiger partial charge on any atom is 0.272 e. The fourth-order valence-electron chi connectivity index (χ4n) is 2.32. The van der Waals surface area contributed by atoms with E-state index in [1.54, 1.807) is 11.8 Å². The quantitative estimate of drug-likeness (QED) is 0.712. The molecule has 3 N–H and O–H groups in total. The number of fused-ring (bicyclic) bond motifs is 1. The van der Waals surface area contributed by atoms with Crippen molar-refractivity contribution < 1.29 is 9.90 Å². The predicted octanol–water partition coefficient (Wildman–Crippen LogP) is 0.742. The normalized spacial score (nSPS) is 15.4. The van der Waals surface area contributed by atoms with Gasteiger partial charge in [0, 0.05) is 29.7 Å². The molecule has 1 aliphatic carbocycles. The van der Waals surface area contributed by atoms with Gasteiger partial charge in [-0.1, -0.05) is 0 Å². The third-order valence-corrected chi connectivity index (χ3v) is 3.94. The zero-order chi connectivity index (χ0) is 13.0. The molecule has 0 bridgehead atoms. The Morgan fingerprint density at radius 3 is 3.17 bits per heavy atom. The lowest BCUT2D eigenvalue weighted by atomic mass is 10.1. The number of H-pyrrole nitrogens is 1. The second kappa shape index (κ2) is 6.24. The summed E-state index contributed by atoms with van der Waals surface area (Å²) in [6.07, 6.45) is 5.58. The number of aromatic nitrogens is 2. The molecule has 1 aromatic rings. The Kier molecular flexibility index (Phi) is 4.66.